The van der Waals surface area contributed by atoms with Gasteiger partial charge in [-0.25, -0.2) is 0 Å². The zero-order chi connectivity index (χ0) is 21.7. The average molecular weight is 424 g/mol. The molecule has 29 heavy (non-hydrogen) atoms. The first-order chi connectivity index (χ1) is 13.7. The van der Waals surface area contributed by atoms with Gasteiger partial charge in [-0.3, -0.25) is 4.79 Å². The molecule has 2 saturated heterocycles. The summed E-state index contributed by atoms with van der Waals surface area (Å²) < 4.78 is 22.4. The number of carbonyl (C=O) groups excluding carboxylic acids is 1. The van der Waals surface area contributed by atoms with Crippen LogP contribution in [0, 0.1) is 0 Å². The first kappa shape index (κ1) is 24.3. The summed E-state index contributed by atoms with van der Waals surface area (Å²) in [4.78, 5) is 11.6. The van der Waals surface area contributed by atoms with Crippen molar-refractivity contribution in [3.05, 3.63) is 0 Å². The van der Waals surface area contributed by atoms with E-state index in [4.69, 9.17) is 24.7 Å². The molecule has 0 saturated carbocycles. The third kappa shape index (κ3) is 5.61. The van der Waals surface area contributed by atoms with Gasteiger partial charge in [-0.2, -0.15) is 0 Å². The van der Waals surface area contributed by atoms with Crippen molar-refractivity contribution in [1.29, 1.82) is 0 Å². The molecule has 0 aromatic rings. The fourth-order valence-corrected chi connectivity index (χ4v) is 3.40. The van der Waals surface area contributed by atoms with Crippen molar-refractivity contribution in [3.8, 4) is 0 Å². The van der Waals surface area contributed by atoms with Crippen LogP contribution >= 0.6 is 0 Å². The molecule has 12 nitrogen and oxygen atoms in total. The second kappa shape index (κ2) is 10.9. The van der Waals surface area contributed by atoms with Gasteiger partial charge in [-0.05, 0) is 6.42 Å². The van der Waals surface area contributed by atoms with E-state index in [1.807, 2.05) is 6.92 Å². The van der Waals surface area contributed by atoms with E-state index < -0.39 is 74.5 Å². The number of nitrogens with one attached hydrogen (secondary N) is 1. The van der Waals surface area contributed by atoms with Gasteiger partial charge in [0.2, 0.25) is 5.91 Å². The van der Waals surface area contributed by atoms with E-state index in [0.717, 1.165) is 0 Å². The molecule has 2 aliphatic heterocycles. The number of hydrogen-bond donors (Lipinski definition) is 7. The van der Waals surface area contributed by atoms with E-state index in [1.54, 1.807) is 0 Å². The van der Waals surface area contributed by atoms with Crippen LogP contribution in [0.2, 0.25) is 0 Å². The fraction of sp³-hybridized carbons (Fsp3) is 0.941. The van der Waals surface area contributed by atoms with Crippen molar-refractivity contribution < 1.29 is 49.3 Å². The fourth-order valence-electron chi connectivity index (χ4n) is 3.40. The van der Waals surface area contributed by atoms with Gasteiger partial charge in [-0.1, -0.05) is 6.92 Å². The van der Waals surface area contributed by atoms with Crippen LogP contribution in [-0.2, 0) is 23.7 Å². The van der Waals surface area contributed by atoms with E-state index >= 15 is 0 Å². The van der Waals surface area contributed by atoms with Crippen molar-refractivity contribution in [2.45, 2.75) is 81.6 Å². The topological polar surface area (TPSA) is 193 Å². The minimum atomic E-state index is -1.65. The Bertz CT molecular complexity index is 524. The smallest absolute Gasteiger partial charge is 0.217 e. The van der Waals surface area contributed by atoms with Crippen LogP contribution in [0.15, 0.2) is 0 Å². The lowest BCUT2D eigenvalue weighted by atomic mass is 9.94. The summed E-state index contributed by atoms with van der Waals surface area (Å²) in [5.41, 5.74) is 6.28. The summed E-state index contributed by atoms with van der Waals surface area (Å²) >= 11 is 0. The first-order valence-electron chi connectivity index (χ1n) is 9.61. The predicted octanol–water partition coefficient (Wildman–Crippen LogP) is -3.85. The van der Waals surface area contributed by atoms with E-state index in [0.29, 0.717) is 13.0 Å². The molecule has 12 heteroatoms. The van der Waals surface area contributed by atoms with Gasteiger partial charge in [0.15, 0.2) is 12.6 Å². The SMILES string of the molecule is CCCO[C@@H]1O[C@H](CO)[C@@H](O[C@@H]2O[C@H](CO)[C@@H](O)[C@H](O)[C@H]2O)[C@H](N)[C@H]1NC(C)=O. The molecule has 0 unspecified atom stereocenters. The molecule has 2 aliphatic rings. The van der Waals surface area contributed by atoms with E-state index in [-0.39, 0.29) is 5.91 Å². The number of aliphatic hydroxyl groups is 5. The molecule has 8 N–H and O–H groups in total. The molecule has 0 aromatic heterocycles. The van der Waals surface area contributed by atoms with Crippen LogP contribution in [0.25, 0.3) is 0 Å². The molecule has 0 aromatic carbocycles. The normalized spacial score (nSPS) is 43.2. The number of amides is 1. The number of ether oxygens (including phenoxy) is 4. The molecule has 0 bridgehead atoms. The molecule has 2 heterocycles. The highest BCUT2D eigenvalue weighted by Crippen LogP contribution is 2.28. The van der Waals surface area contributed by atoms with Crippen molar-refractivity contribution in [2.24, 2.45) is 5.73 Å². The maximum Gasteiger partial charge on any atom is 0.217 e. The summed E-state index contributed by atoms with van der Waals surface area (Å²) in [5.74, 6) is -0.381. The van der Waals surface area contributed by atoms with Crippen LogP contribution in [0.4, 0.5) is 0 Å². The minimum absolute atomic E-state index is 0.337. The maximum atomic E-state index is 11.6. The van der Waals surface area contributed by atoms with Gasteiger partial charge < -0.3 is 55.5 Å². The number of nitrogens with two attached hydrogens (primary N) is 1. The number of hydrogen-bond acceptors (Lipinski definition) is 11. The molecule has 10 atom stereocenters. The Morgan fingerprint density at radius 3 is 2.21 bits per heavy atom. The third-order valence-corrected chi connectivity index (χ3v) is 4.94. The van der Waals surface area contributed by atoms with Crippen LogP contribution in [-0.4, -0.2) is 113 Å². The standard InChI is InChI=1S/C17H32N2O10/c1-3-4-26-16-11(19-7(2)22)10(18)15(9(6-21)28-16)29-17-14(25)13(24)12(23)8(5-20)27-17/h8-17,20-21,23-25H,3-6,18H2,1-2H3,(H,19,22)/t8-,9-,10-,11-,12-,13+,14-,15-,16-,17+/m1/s1. The van der Waals surface area contributed by atoms with E-state index in [9.17, 15) is 30.3 Å². The van der Waals surface area contributed by atoms with Crippen LogP contribution < -0.4 is 11.1 Å². The summed E-state index contributed by atoms with van der Waals surface area (Å²) in [5, 5.41) is 51.7. The molecule has 2 rings (SSSR count). The molecular formula is C17H32N2O10. The molecule has 0 aliphatic carbocycles. The maximum absolute atomic E-state index is 11.6. The predicted molar refractivity (Wildman–Crippen MR) is 96.2 cm³/mol. The Hall–Kier alpha value is -0.930. The quantitative estimate of drug-likeness (QED) is 0.202. The zero-order valence-corrected chi connectivity index (χ0v) is 16.5. The number of rotatable bonds is 8. The van der Waals surface area contributed by atoms with Crippen molar-refractivity contribution >= 4 is 5.91 Å². The largest absolute Gasteiger partial charge is 0.394 e. The van der Waals surface area contributed by atoms with Crippen molar-refractivity contribution in [3.63, 3.8) is 0 Å². The Kier molecular flexibility index (Phi) is 9.15. The Morgan fingerprint density at radius 2 is 1.66 bits per heavy atom. The third-order valence-electron chi connectivity index (χ3n) is 4.94. The second-order valence-electron chi connectivity index (χ2n) is 7.20. The lowest BCUT2D eigenvalue weighted by molar-refractivity contribution is -0.337. The Balaban J connectivity index is 2.19. The van der Waals surface area contributed by atoms with Gasteiger partial charge in [-0.15, -0.1) is 0 Å². The van der Waals surface area contributed by atoms with Gasteiger partial charge >= 0.3 is 0 Å². The van der Waals surface area contributed by atoms with Gasteiger partial charge in [0.25, 0.3) is 0 Å². The molecule has 2 fully saturated rings. The number of aliphatic hydroxyl groups excluding tert-OH is 5. The average Bonchev–Trinajstić information content (AvgIpc) is 2.69. The summed E-state index contributed by atoms with van der Waals surface area (Å²) in [6.45, 7) is 2.40. The summed E-state index contributed by atoms with van der Waals surface area (Å²) in [6, 6.07) is -1.75. The lowest BCUT2D eigenvalue weighted by Crippen LogP contribution is -2.70. The Morgan fingerprint density at radius 1 is 1.03 bits per heavy atom. The highest BCUT2D eigenvalue weighted by atomic mass is 16.7. The second-order valence-corrected chi connectivity index (χ2v) is 7.20. The molecule has 1 amide bonds. The van der Waals surface area contributed by atoms with Crippen LogP contribution in [0.1, 0.15) is 20.3 Å². The monoisotopic (exact) mass is 424 g/mol. The highest BCUT2D eigenvalue weighted by Gasteiger charge is 2.50. The molecule has 0 spiro atoms. The van der Waals surface area contributed by atoms with E-state index in [1.165, 1.54) is 6.92 Å². The van der Waals surface area contributed by atoms with Crippen LogP contribution in [0.5, 0.6) is 0 Å². The number of carbonyl (C=O) groups is 1. The summed E-state index contributed by atoms with van der Waals surface area (Å²) in [6.07, 6.45) is -9.75. The molecule has 0 radical (unpaired) electrons. The lowest BCUT2D eigenvalue weighted by Gasteiger charge is -2.47. The first-order valence-corrected chi connectivity index (χ1v) is 9.61. The van der Waals surface area contributed by atoms with Crippen molar-refractivity contribution in [1.82, 2.24) is 5.32 Å². The minimum Gasteiger partial charge on any atom is -0.394 e. The van der Waals surface area contributed by atoms with E-state index in [2.05, 4.69) is 5.32 Å². The van der Waals surface area contributed by atoms with Gasteiger partial charge in [0.05, 0.1) is 25.3 Å². The van der Waals surface area contributed by atoms with Gasteiger partial charge in [0.1, 0.15) is 36.6 Å². The molecule has 170 valence electrons. The zero-order valence-electron chi connectivity index (χ0n) is 16.5. The van der Waals surface area contributed by atoms with Crippen molar-refractivity contribution in [2.75, 3.05) is 19.8 Å². The van der Waals surface area contributed by atoms with Gasteiger partial charge in [0, 0.05) is 13.5 Å². The Labute approximate surface area is 168 Å². The molecular weight excluding hydrogens is 392 g/mol. The van der Waals surface area contributed by atoms with Crippen LogP contribution in [0.3, 0.4) is 0 Å². The summed E-state index contributed by atoms with van der Waals surface area (Å²) in [7, 11) is 0. The highest BCUT2D eigenvalue weighted by molar-refractivity contribution is 5.73.